The first-order valence-corrected chi connectivity index (χ1v) is 19.7. The largest absolute Gasteiger partial charge is 0.469 e. The Kier molecular flexibility index (Phi) is 11.3. The Morgan fingerprint density at radius 3 is 2.14 bits per heavy atom. The molecule has 3 N–H and O–H groups in total. The number of aliphatic hydroxyl groups is 1. The van der Waals surface area contributed by atoms with Crippen LogP contribution >= 0.6 is 7.82 Å². The number of phosphoric ester groups is 1. The summed E-state index contributed by atoms with van der Waals surface area (Å²) in [6, 6.07) is 17.8. The molecule has 4 aromatic heterocycles. The third-order valence-corrected chi connectivity index (χ3v) is 10.8. The number of nitrogens with zero attached hydrogens (tertiary/aromatic N) is 11. The number of halogens is 3. The lowest BCUT2D eigenvalue weighted by Crippen LogP contribution is -2.48. The molecule has 0 spiro atoms. The fraction of sp³-hybridized carbons (Fsp3) is 0.324. The van der Waals surface area contributed by atoms with E-state index < -0.39 is 60.8 Å². The average molecular weight is 822 g/mol. The predicted octanol–water partition coefficient (Wildman–Crippen LogP) is 4.07. The van der Waals surface area contributed by atoms with E-state index in [1.165, 1.54) is 42.2 Å². The van der Waals surface area contributed by atoms with Crippen molar-refractivity contribution in [2.75, 3.05) is 36.0 Å². The molecule has 0 radical (unpaired) electrons. The molecule has 1 fully saturated rings. The van der Waals surface area contributed by atoms with Crippen molar-refractivity contribution in [3.05, 3.63) is 125 Å². The molecule has 2 aromatic carbocycles. The van der Waals surface area contributed by atoms with E-state index in [-0.39, 0.29) is 0 Å². The lowest BCUT2D eigenvalue weighted by molar-refractivity contribution is -0.207. The van der Waals surface area contributed by atoms with Crippen LogP contribution in [0, 0.1) is 5.82 Å². The number of anilines is 2. The number of rotatable bonds is 14. The molecule has 304 valence electrons. The van der Waals surface area contributed by atoms with Gasteiger partial charge in [0.2, 0.25) is 0 Å². The van der Waals surface area contributed by atoms with Crippen molar-refractivity contribution in [2.24, 2.45) is 0 Å². The molecule has 17 nitrogen and oxygen atoms in total. The first-order chi connectivity index (χ1) is 27.7. The number of alkyl halides is 2. The molecule has 3 unspecified atom stereocenters. The Bertz CT molecular complexity index is 2420. The molecule has 0 bridgehead atoms. The molecule has 7 rings (SSSR count). The number of pyridine rings is 2. The van der Waals surface area contributed by atoms with Crippen LogP contribution in [0.4, 0.5) is 24.5 Å². The number of hydrogen-bond donors (Lipinski definition) is 3. The fourth-order valence-electron chi connectivity index (χ4n) is 7.09. The van der Waals surface area contributed by atoms with Crippen molar-refractivity contribution in [1.29, 1.82) is 0 Å². The Morgan fingerprint density at radius 1 is 0.879 bits per heavy atom. The molecule has 58 heavy (non-hydrogen) atoms. The highest BCUT2D eigenvalue weighted by Crippen LogP contribution is 2.47. The summed E-state index contributed by atoms with van der Waals surface area (Å²) < 4.78 is 66.6. The molecule has 1 saturated heterocycles. The van der Waals surface area contributed by atoms with Gasteiger partial charge in [0.1, 0.15) is 30.0 Å². The Labute approximate surface area is 329 Å². The van der Waals surface area contributed by atoms with Gasteiger partial charge in [0.05, 0.1) is 30.6 Å². The third kappa shape index (κ3) is 8.14. The van der Waals surface area contributed by atoms with Gasteiger partial charge in [0.25, 0.3) is 0 Å². The van der Waals surface area contributed by atoms with Crippen LogP contribution in [0.1, 0.15) is 37.6 Å². The highest BCUT2D eigenvalue weighted by molar-refractivity contribution is 7.46. The van der Waals surface area contributed by atoms with Gasteiger partial charge in [0.15, 0.2) is 5.60 Å². The van der Waals surface area contributed by atoms with Gasteiger partial charge in [-0.3, -0.25) is 9.51 Å². The SMILES string of the molecule is CCC(C(C)OP(=O)(O)O)n1ncn(-c2ccc(N3CCN(c4ccc(-c5ccc(C(F)(F)C(O)(Cn6cnnn6)c6ccccc6F)nc5)cc4)CC3)cn2)c1=O. The Balaban J connectivity index is 0.985. The maximum absolute atomic E-state index is 16.2. The summed E-state index contributed by atoms with van der Waals surface area (Å²) in [6.07, 6.45) is 4.68. The van der Waals surface area contributed by atoms with Crippen molar-refractivity contribution in [3.8, 4) is 16.9 Å². The summed E-state index contributed by atoms with van der Waals surface area (Å²) in [5.41, 5.74) is -1.87. The van der Waals surface area contributed by atoms with Crippen LogP contribution in [-0.4, -0.2) is 91.7 Å². The van der Waals surface area contributed by atoms with Gasteiger partial charge in [-0.05, 0) is 65.7 Å². The van der Waals surface area contributed by atoms with Crippen molar-refractivity contribution in [1.82, 2.24) is 44.5 Å². The van der Waals surface area contributed by atoms with Crippen molar-refractivity contribution >= 4 is 19.2 Å². The van der Waals surface area contributed by atoms with Crippen LogP contribution in [0.3, 0.4) is 0 Å². The smallest absolute Gasteiger partial charge is 0.377 e. The highest BCUT2D eigenvalue weighted by Gasteiger charge is 2.57. The van der Waals surface area contributed by atoms with E-state index in [2.05, 4.69) is 40.4 Å². The second-order valence-electron chi connectivity index (χ2n) is 13.8. The number of phosphoric acid groups is 1. The van der Waals surface area contributed by atoms with Gasteiger partial charge in [-0.2, -0.15) is 13.9 Å². The lowest BCUT2D eigenvalue weighted by Gasteiger charge is -2.37. The highest BCUT2D eigenvalue weighted by atomic mass is 31.2. The number of piperazine rings is 1. The van der Waals surface area contributed by atoms with Gasteiger partial charge in [-0.1, -0.05) is 43.3 Å². The maximum atomic E-state index is 16.2. The first kappa shape index (κ1) is 40.4. The minimum Gasteiger partial charge on any atom is -0.377 e. The summed E-state index contributed by atoms with van der Waals surface area (Å²) in [5, 5.41) is 26.1. The first-order valence-electron chi connectivity index (χ1n) is 18.2. The summed E-state index contributed by atoms with van der Waals surface area (Å²) in [6.45, 7) is 5.15. The molecule has 0 saturated carbocycles. The molecule has 0 amide bonds. The average Bonchev–Trinajstić information content (AvgIpc) is 3.87. The fourth-order valence-corrected chi connectivity index (χ4v) is 7.66. The van der Waals surface area contributed by atoms with Crippen LogP contribution in [0.25, 0.3) is 16.9 Å². The zero-order valence-electron chi connectivity index (χ0n) is 31.2. The molecule has 6 aromatic rings. The summed E-state index contributed by atoms with van der Waals surface area (Å²) in [7, 11) is -4.76. The normalized spacial score (nSPS) is 15.9. The van der Waals surface area contributed by atoms with Crippen molar-refractivity contribution in [3.63, 3.8) is 0 Å². The van der Waals surface area contributed by atoms with Crippen molar-refractivity contribution < 1.29 is 37.2 Å². The van der Waals surface area contributed by atoms with E-state index in [1.807, 2.05) is 30.3 Å². The molecule has 21 heteroatoms. The molecule has 5 heterocycles. The quantitative estimate of drug-likeness (QED) is 0.133. The third-order valence-electron chi connectivity index (χ3n) is 10.2. The number of aromatic nitrogens is 9. The minimum absolute atomic E-state index is 0.334. The van der Waals surface area contributed by atoms with Gasteiger partial charge < -0.3 is 24.7 Å². The summed E-state index contributed by atoms with van der Waals surface area (Å²) >= 11 is 0. The van der Waals surface area contributed by atoms with E-state index in [9.17, 15) is 28.6 Å². The molecule has 1 aliphatic rings. The van der Waals surface area contributed by atoms with Gasteiger partial charge in [-0.25, -0.2) is 32.7 Å². The zero-order valence-corrected chi connectivity index (χ0v) is 32.1. The lowest BCUT2D eigenvalue weighted by atomic mass is 9.84. The van der Waals surface area contributed by atoms with E-state index in [0.717, 1.165) is 50.8 Å². The Hall–Kier alpha value is -5.79. The minimum atomic E-state index is -4.76. The summed E-state index contributed by atoms with van der Waals surface area (Å²) in [4.78, 5) is 44.5. The zero-order chi connectivity index (χ0) is 41.2. The van der Waals surface area contributed by atoms with Gasteiger partial charge in [-0.15, -0.1) is 5.10 Å². The molecule has 0 aliphatic carbocycles. The van der Waals surface area contributed by atoms with Crippen LogP contribution in [-0.2, 0) is 27.2 Å². The van der Waals surface area contributed by atoms with Crippen molar-refractivity contribution in [2.45, 2.75) is 50.5 Å². The van der Waals surface area contributed by atoms with E-state index >= 15 is 8.78 Å². The van der Waals surface area contributed by atoms with E-state index in [1.54, 1.807) is 19.2 Å². The summed E-state index contributed by atoms with van der Waals surface area (Å²) in [5.74, 6) is -4.74. The Morgan fingerprint density at radius 2 is 1.55 bits per heavy atom. The maximum Gasteiger partial charge on any atom is 0.469 e. The standard InChI is InChI=1S/C37H39F3N11O6P/c1-3-32(25(2)57-58(54,55)56)51-35(52)50(24-44-51)34-15-13-29(21-42-34)48-18-16-47(17-19-48)28-11-8-26(9-12-28)27-10-14-33(41-20-27)37(39,40)36(53,22-49-23-43-45-46-49)30-6-4-5-7-31(30)38/h4-15,20-21,23-25,32,53H,3,16-19,22H2,1-2H3,(H2,54,55,56). The predicted molar refractivity (Wildman–Crippen MR) is 204 cm³/mol. The van der Waals surface area contributed by atoms with E-state index in [0.29, 0.717) is 44.0 Å². The number of hydrogen-bond acceptors (Lipinski definition) is 12. The second kappa shape index (κ2) is 16.2. The van der Waals surface area contributed by atoms with Crippen LogP contribution in [0.15, 0.2) is 103 Å². The van der Waals surface area contributed by atoms with Crippen LogP contribution in [0.5, 0.6) is 0 Å². The topological polar surface area (TPSA) is 203 Å². The number of benzene rings is 2. The molecule has 1 aliphatic heterocycles. The molecular weight excluding hydrogens is 782 g/mol. The monoisotopic (exact) mass is 821 g/mol. The van der Waals surface area contributed by atoms with Crippen LogP contribution in [0.2, 0.25) is 0 Å². The molecule has 3 atom stereocenters. The van der Waals surface area contributed by atoms with Gasteiger partial charge >= 0.3 is 19.4 Å². The van der Waals surface area contributed by atoms with Gasteiger partial charge in [0, 0.05) is 49.2 Å². The second-order valence-corrected chi connectivity index (χ2v) is 14.9. The van der Waals surface area contributed by atoms with Crippen LogP contribution < -0.4 is 15.5 Å². The van der Waals surface area contributed by atoms with E-state index in [4.69, 9.17) is 4.52 Å². The number of tetrazole rings is 1. The molecular formula is C37H39F3N11O6P.